The van der Waals surface area contributed by atoms with E-state index in [9.17, 15) is 4.79 Å². The monoisotopic (exact) mass is 356 g/mol. The van der Waals surface area contributed by atoms with E-state index in [1.807, 2.05) is 11.6 Å². The predicted molar refractivity (Wildman–Crippen MR) is 88.8 cm³/mol. The Balaban J connectivity index is 1.58. The minimum Gasteiger partial charge on any atom is -0.325 e. The second kappa shape index (κ2) is 6.48. The van der Waals surface area contributed by atoms with Crippen LogP contribution in [0.3, 0.4) is 0 Å². The zero-order chi connectivity index (χ0) is 15.7. The van der Waals surface area contributed by atoms with Gasteiger partial charge in [-0.2, -0.15) is 0 Å². The van der Waals surface area contributed by atoms with Crippen LogP contribution < -0.4 is 5.32 Å². The zero-order valence-electron chi connectivity index (χ0n) is 11.8. The number of halogens is 2. The van der Waals surface area contributed by atoms with Gasteiger partial charge in [-0.1, -0.05) is 35.0 Å². The number of amides is 1. The summed E-state index contributed by atoms with van der Waals surface area (Å²) in [5.74, 6) is 1.65. The molecule has 0 unspecified atom stereocenters. The molecule has 0 radical (unpaired) electrons. The number of hydrogen-bond acceptors (Lipinski definition) is 4. The topological polar surface area (TPSA) is 59.8 Å². The van der Waals surface area contributed by atoms with E-state index >= 15 is 0 Å². The molecule has 0 aliphatic heterocycles. The third kappa shape index (κ3) is 3.74. The second-order valence-electron chi connectivity index (χ2n) is 5.17. The van der Waals surface area contributed by atoms with Crippen LogP contribution in [0.5, 0.6) is 0 Å². The first-order valence-corrected chi connectivity index (χ1v) is 8.55. The fraction of sp³-hybridized carbons (Fsp3) is 0.357. The number of thioether (sulfide) groups is 1. The lowest BCUT2D eigenvalue weighted by Gasteiger charge is -2.06. The van der Waals surface area contributed by atoms with E-state index in [-0.39, 0.29) is 11.7 Å². The van der Waals surface area contributed by atoms with Gasteiger partial charge in [0.1, 0.15) is 5.82 Å². The predicted octanol–water partition coefficient (Wildman–Crippen LogP) is 3.73. The van der Waals surface area contributed by atoms with Crippen molar-refractivity contribution in [3.05, 3.63) is 34.1 Å². The molecule has 22 heavy (non-hydrogen) atoms. The van der Waals surface area contributed by atoms with E-state index in [2.05, 4.69) is 15.5 Å². The molecule has 1 aliphatic rings. The zero-order valence-corrected chi connectivity index (χ0v) is 14.2. The lowest BCUT2D eigenvalue weighted by Crippen LogP contribution is -2.14. The number of nitrogens with zero attached hydrogens (tertiary/aromatic N) is 3. The molecule has 8 heteroatoms. The highest BCUT2D eigenvalue weighted by Crippen LogP contribution is 2.39. The molecule has 0 spiro atoms. The van der Waals surface area contributed by atoms with E-state index in [0.29, 0.717) is 21.7 Å². The molecule has 0 bridgehead atoms. The highest BCUT2D eigenvalue weighted by Gasteiger charge is 2.29. The first-order valence-electron chi connectivity index (χ1n) is 6.81. The Hall–Kier alpha value is -1.24. The van der Waals surface area contributed by atoms with Crippen LogP contribution in [0.1, 0.15) is 24.6 Å². The van der Waals surface area contributed by atoms with Gasteiger partial charge in [0.05, 0.1) is 5.75 Å². The van der Waals surface area contributed by atoms with Crippen LogP contribution in [-0.2, 0) is 11.8 Å². The van der Waals surface area contributed by atoms with Gasteiger partial charge in [-0.15, -0.1) is 10.2 Å². The highest BCUT2D eigenvalue weighted by atomic mass is 35.5. The summed E-state index contributed by atoms with van der Waals surface area (Å²) in [6.45, 7) is 0. The Labute approximate surface area is 142 Å². The quantitative estimate of drug-likeness (QED) is 0.829. The molecular formula is C14H14Cl2N4OS. The first kappa shape index (κ1) is 15.6. The standard InChI is InChI=1S/C14H14Cl2N4OS/c1-20-13(8-2-3-8)18-19-14(20)22-7-12(21)17-11-5-9(15)4-10(16)6-11/h4-6,8H,2-3,7H2,1H3,(H,17,21). The molecule has 116 valence electrons. The third-order valence-corrected chi connectivity index (χ3v) is 4.75. The van der Waals surface area contributed by atoms with Crippen LogP contribution in [0.2, 0.25) is 10.0 Å². The summed E-state index contributed by atoms with van der Waals surface area (Å²) < 4.78 is 1.96. The molecule has 1 fully saturated rings. The van der Waals surface area contributed by atoms with Crippen molar-refractivity contribution < 1.29 is 4.79 Å². The first-order chi connectivity index (χ1) is 10.5. The second-order valence-corrected chi connectivity index (χ2v) is 6.98. The van der Waals surface area contributed by atoms with Crippen molar-refractivity contribution in [1.29, 1.82) is 0 Å². The summed E-state index contributed by atoms with van der Waals surface area (Å²) in [6, 6.07) is 4.93. The Morgan fingerprint density at radius 1 is 1.32 bits per heavy atom. The lowest BCUT2D eigenvalue weighted by atomic mass is 10.3. The molecule has 5 nitrogen and oxygen atoms in total. The molecule has 0 atom stereocenters. The van der Waals surface area contributed by atoms with Gasteiger partial charge in [0, 0.05) is 28.7 Å². The number of carbonyl (C=O) groups excluding carboxylic acids is 1. The van der Waals surface area contributed by atoms with Crippen molar-refractivity contribution in [3.8, 4) is 0 Å². The average molecular weight is 357 g/mol. The van der Waals surface area contributed by atoms with Gasteiger partial charge in [-0.25, -0.2) is 0 Å². The van der Waals surface area contributed by atoms with E-state index in [0.717, 1.165) is 11.0 Å². The Morgan fingerprint density at radius 3 is 2.64 bits per heavy atom. The Kier molecular flexibility index (Phi) is 4.61. The molecular weight excluding hydrogens is 343 g/mol. The van der Waals surface area contributed by atoms with Gasteiger partial charge < -0.3 is 9.88 Å². The minimum atomic E-state index is -0.140. The molecule has 2 aromatic rings. The van der Waals surface area contributed by atoms with Crippen molar-refractivity contribution in [2.24, 2.45) is 7.05 Å². The van der Waals surface area contributed by atoms with E-state index < -0.39 is 0 Å². The molecule has 1 heterocycles. The molecule has 1 amide bonds. The number of carbonyl (C=O) groups is 1. The van der Waals surface area contributed by atoms with Crippen molar-refractivity contribution in [2.45, 2.75) is 23.9 Å². The lowest BCUT2D eigenvalue weighted by molar-refractivity contribution is -0.113. The number of benzene rings is 1. The molecule has 0 saturated heterocycles. The Morgan fingerprint density at radius 2 is 2.00 bits per heavy atom. The summed E-state index contributed by atoms with van der Waals surface area (Å²) in [4.78, 5) is 12.0. The maximum Gasteiger partial charge on any atom is 0.234 e. The van der Waals surface area contributed by atoms with Crippen LogP contribution in [0.15, 0.2) is 23.4 Å². The van der Waals surface area contributed by atoms with Crippen molar-refractivity contribution in [2.75, 3.05) is 11.1 Å². The third-order valence-electron chi connectivity index (χ3n) is 3.29. The number of rotatable bonds is 5. The summed E-state index contributed by atoms with van der Waals surface area (Å²) in [7, 11) is 1.94. The molecule has 1 saturated carbocycles. The van der Waals surface area contributed by atoms with Crippen molar-refractivity contribution >= 4 is 46.6 Å². The smallest absolute Gasteiger partial charge is 0.234 e. The highest BCUT2D eigenvalue weighted by molar-refractivity contribution is 7.99. The van der Waals surface area contributed by atoms with E-state index in [1.54, 1.807) is 18.2 Å². The normalized spacial score (nSPS) is 14.1. The largest absolute Gasteiger partial charge is 0.325 e. The van der Waals surface area contributed by atoms with Gasteiger partial charge in [0.25, 0.3) is 0 Å². The van der Waals surface area contributed by atoms with Crippen LogP contribution in [0.4, 0.5) is 5.69 Å². The molecule has 1 aromatic heterocycles. The van der Waals surface area contributed by atoms with Crippen molar-refractivity contribution in [1.82, 2.24) is 14.8 Å². The summed E-state index contributed by atoms with van der Waals surface area (Å²) >= 11 is 13.2. The summed E-state index contributed by atoms with van der Waals surface area (Å²) in [5, 5.41) is 12.8. The van der Waals surface area contributed by atoms with Gasteiger partial charge in [0.2, 0.25) is 5.91 Å². The van der Waals surface area contributed by atoms with Crippen LogP contribution in [0, 0.1) is 0 Å². The van der Waals surface area contributed by atoms with Gasteiger partial charge in [0.15, 0.2) is 5.16 Å². The van der Waals surface area contributed by atoms with E-state index in [1.165, 1.54) is 24.6 Å². The minimum absolute atomic E-state index is 0.140. The summed E-state index contributed by atoms with van der Waals surface area (Å²) in [6.07, 6.45) is 2.35. The number of anilines is 1. The summed E-state index contributed by atoms with van der Waals surface area (Å²) in [5.41, 5.74) is 0.583. The Bertz CT molecular complexity index is 695. The van der Waals surface area contributed by atoms with Crippen LogP contribution in [0.25, 0.3) is 0 Å². The number of hydrogen-bond donors (Lipinski definition) is 1. The fourth-order valence-corrected chi connectivity index (χ4v) is 3.35. The molecule has 1 aromatic carbocycles. The SMILES string of the molecule is Cn1c(SCC(=O)Nc2cc(Cl)cc(Cl)c2)nnc1C1CC1. The fourth-order valence-electron chi connectivity index (χ4n) is 2.10. The molecule has 1 N–H and O–H groups in total. The number of aromatic nitrogens is 3. The average Bonchev–Trinajstić information content (AvgIpc) is 3.20. The van der Waals surface area contributed by atoms with Crippen molar-refractivity contribution in [3.63, 3.8) is 0 Å². The number of nitrogens with one attached hydrogen (secondary N) is 1. The maximum atomic E-state index is 12.0. The molecule has 3 rings (SSSR count). The van der Waals surface area contributed by atoms with Gasteiger partial charge >= 0.3 is 0 Å². The molecule has 1 aliphatic carbocycles. The van der Waals surface area contributed by atoms with Gasteiger partial charge in [-0.05, 0) is 31.0 Å². The van der Waals surface area contributed by atoms with Crippen LogP contribution in [-0.4, -0.2) is 26.4 Å². The van der Waals surface area contributed by atoms with E-state index in [4.69, 9.17) is 23.2 Å². The maximum absolute atomic E-state index is 12.0. The van der Waals surface area contributed by atoms with Gasteiger partial charge in [-0.3, -0.25) is 4.79 Å². The van der Waals surface area contributed by atoms with Crippen LogP contribution >= 0.6 is 35.0 Å².